The fourth-order valence-electron chi connectivity index (χ4n) is 3.22. The van der Waals surface area contributed by atoms with Crippen LogP contribution in [0.4, 0.5) is 4.39 Å². The van der Waals surface area contributed by atoms with Crippen molar-refractivity contribution in [2.45, 2.75) is 35.3 Å². The van der Waals surface area contributed by atoms with Gasteiger partial charge in [-0.15, -0.1) is 11.8 Å². The minimum Gasteiger partial charge on any atom is -0.381 e. The van der Waals surface area contributed by atoms with Crippen molar-refractivity contribution >= 4 is 11.8 Å². The van der Waals surface area contributed by atoms with Crippen LogP contribution in [0.15, 0.2) is 29.2 Å². The first kappa shape index (κ1) is 13.0. The average molecular weight is 277 g/mol. The average Bonchev–Trinajstić information content (AvgIpc) is 2.40. The van der Waals surface area contributed by atoms with Crippen molar-refractivity contribution < 1.29 is 9.13 Å². The molecule has 0 amide bonds. The smallest absolute Gasteiger partial charge is 0.123 e. The number of halogens is 1. The number of nitriles is 1. The van der Waals surface area contributed by atoms with Gasteiger partial charge in [0.2, 0.25) is 0 Å². The summed E-state index contributed by atoms with van der Waals surface area (Å²) in [6, 6.07) is 8.90. The molecule has 0 atom stereocenters. The van der Waals surface area contributed by atoms with Crippen LogP contribution in [0.25, 0.3) is 0 Å². The summed E-state index contributed by atoms with van der Waals surface area (Å²) in [5.41, 5.74) is 0.320. The summed E-state index contributed by atoms with van der Waals surface area (Å²) in [5, 5.41) is 9.49. The van der Waals surface area contributed by atoms with Gasteiger partial charge < -0.3 is 4.74 Å². The lowest BCUT2D eigenvalue weighted by atomic mass is 9.58. The largest absolute Gasteiger partial charge is 0.381 e. The Morgan fingerprint density at radius 2 is 1.79 bits per heavy atom. The van der Waals surface area contributed by atoms with E-state index >= 15 is 0 Å². The van der Waals surface area contributed by atoms with Crippen LogP contribution in [-0.4, -0.2) is 18.0 Å². The van der Waals surface area contributed by atoms with Gasteiger partial charge in [0.15, 0.2) is 0 Å². The predicted octanol–water partition coefficient (Wildman–Crippen LogP) is 3.77. The van der Waals surface area contributed by atoms with E-state index < -0.39 is 0 Å². The second-order valence-electron chi connectivity index (χ2n) is 5.63. The predicted molar refractivity (Wildman–Crippen MR) is 72.3 cm³/mol. The summed E-state index contributed by atoms with van der Waals surface area (Å²) in [6.45, 7) is 1.64. The molecule has 1 saturated heterocycles. The molecule has 2 fully saturated rings. The van der Waals surface area contributed by atoms with Gasteiger partial charge in [0.05, 0.1) is 6.07 Å². The van der Waals surface area contributed by atoms with E-state index in [1.807, 2.05) is 0 Å². The van der Waals surface area contributed by atoms with Crippen LogP contribution in [0.5, 0.6) is 0 Å². The van der Waals surface area contributed by atoms with Crippen LogP contribution in [-0.2, 0) is 4.74 Å². The van der Waals surface area contributed by atoms with E-state index in [-0.39, 0.29) is 10.6 Å². The molecule has 1 heterocycles. The number of thioether (sulfide) groups is 1. The lowest BCUT2D eigenvalue weighted by Crippen LogP contribution is -2.51. The summed E-state index contributed by atoms with van der Waals surface area (Å²) < 4.78 is 18.0. The quantitative estimate of drug-likeness (QED) is 0.825. The standard InChI is InChI=1S/C15H16FNOS/c16-12-1-3-13(4-2-12)19-15(11-17)9-14(10-15)5-7-18-8-6-14/h1-4H,5-10H2. The van der Waals surface area contributed by atoms with Crippen LogP contribution < -0.4 is 0 Å². The number of ether oxygens (including phenoxy) is 1. The van der Waals surface area contributed by atoms with Gasteiger partial charge in [-0.05, 0) is 55.4 Å². The van der Waals surface area contributed by atoms with Gasteiger partial charge in [0.1, 0.15) is 10.6 Å². The van der Waals surface area contributed by atoms with Gasteiger partial charge in [0, 0.05) is 18.1 Å². The highest BCUT2D eigenvalue weighted by Crippen LogP contribution is 2.61. The topological polar surface area (TPSA) is 33.0 Å². The Morgan fingerprint density at radius 1 is 1.16 bits per heavy atom. The Bertz CT molecular complexity index is 494. The Kier molecular flexibility index (Phi) is 3.28. The maximum Gasteiger partial charge on any atom is 0.123 e. The molecule has 1 saturated carbocycles. The molecular weight excluding hydrogens is 261 g/mol. The zero-order chi connectivity index (χ0) is 13.3. The lowest BCUT2D eigenvalue weighted by molar-refractivity contribution is -0.0364. The fraction of sp³-hybridized carbons (Fsp3) is 0.533. The number of hydrogen-bond donors (Lipinski definition) is 0. The highest BCUT2D eigenvalue weighted by atomic mass is 32.2. The molecular formula is C15H16FNOS. The highest BCUT2D eigenvalue weighted by molar-refractivity contribution is 8.01. The Hall–Kier alpha value is -1.05. The molecule has 0 aromatic heterocycles. The SMILES string of the molecule is N#CC1(Sc2ccc(F)cc2)CC2(CCOCC2)C1. The lowest BCUT2D eigenvalue weighted by Gasteiger charge is -2.54. The molecule has 1 aromatic rings. The molecule has 100 valence electrons. The molecule has 4 heteroatoms. The van der Waals surface area contributed by atoms with E-state index in [1.165, 1.54) is 12.1 Å². The van der Waals surface area contributed by atoms with Crippen molar-refractivity contribution in [1.29, 1.82) is 5.26 Å². The monoisotopic (exact) mass is 277 g/mol. The summed E-state index contributed by atoms with van der Waals surface area (Å²) >= 11 is 1.59. The van der Waals surface area contributed by atoms with E-state index in [4.69, 9.17) is 4.74 Å². The van der Waals surface area contributed by atoms with E-state index in [2.05, 4.69) is 6.07 Å². The summed E-state index contributed by atoms with van der Waals surface area (Å²) in [5.74, 6) is -0.232. The normalized spacial score (nSPS) is 23.6. The Balaban J connectivity index is 1.69. The molecule has 19 heavy (non-hydrogen) atoms. The number of rotatable bonds is 2. The van der Waals surface area contributed by atoms with Crippen LogP contribution in [0, 0.1) is 22.6 Å². The van der Waals surface area contributed by atoms with E-state index in [9.17, 15) is 9.65 Å². The molecule has 1 aliphatic carbocycles. The van der Waals surface area contributed by atoms with Gasteiger partial charge in [-0.1, -0.05) is 0 Å². The molecule has 0 radical (unpaired) electrons. The van der Waals surface area contributed by atoms with E-state index in [0.717, 1.165) is 43.8 Å². The molecule has 1 aliphatic heterocycles. The molecule has 1 spiro atoms. The van der Waals surface area contributed by atoms with Crippen LogP contribution in [0.3, 0.4) is 0 Å². The number of hydrogen-bond acceptors (Lipinski definition) is 3. The van der Waals surface area contributed by atoms with Gasteiger partial charge in [-0.25, -0.2) is 4.39 Å². The first-order chi connectivity index (χ1) is 9.15. The van der Waals surface area contributed by atoms with Crippen molar-refractivity contribution in [3.63, 3.8) is 0 Å². The van der Waals surface area contributed by atoms with Crippen molar-refractivity contribution in [2.24, 2.45) is 5.41 Å². The minimum atomic E-state index is -0.324. The molecule has 2 aliphatic rings. The second-order valence-corrected chi connectivity index (χ2v) is 7.09. The summed E-state index contributed by atoms with van der Waals surface area (Å²) in [7, 11) is 0. The third kappa shape index (κ3) is 2.50. The van der Waals surface area contributed by atoms with Crippen molar-refractivity contribution in [3.8, 4) is 6.07 Å². The fourth-order valence-corrected chi connectivity index (χ4v) is 4.75. The number of nitrogens with zero attached hydrogens (tertiary/aromatic N) is 1. The Morgan fingerprint density at radius 3 is 2.37 bits per heavy atom. The van der Waals surface area contributed by atoms with Gasteiger partial charge in [-0.2, -0.15) is 5.26 Å². The van der Waals surface area contributed by atoms with Gasteiger partial charge in [-0.3, -0.25) is 0 Å². The maximum absolute atomic E-state index is 12.9. The zero-order valence-electron chi connectivity index (χ0n) is 10.7. The van der Waals surface area contributed by atoms with Crippen molar-refractivity contribution in [3.05, 3.63) is 30.1 Å². The van der Waals surface area contributed by atoms with Gasteiger partial charge in [0.25, 0.3) is 0 Å². The third-order valence-electron chi connectivity index (χ3n) is 4.21. The minimum absolute atomic E-state index is 0.232. The van der Waals surface area contributed by atoms with Crippen LogP contribution >= 0.6 is 11.8 Å². The van der Waals surface area contributed by atoms with Crippen LogP contribution in [0.2, 0.25) is 0 Å². The first-order valence-corrected chi connectivity index (χ1v) is 7.41. The second kappa shape index (κ2) is 4.81. The summed E-state index contributed by atoms with van der Waals surface area (Å²) in [4.78, 5) is 0.977. The molecule has 3 rings (SSSR count). The Labute approximate surface area is 116 Å². The van der Waals surface area contributed by atoms with Crippen molar-refractivity contribution in [1.82, 2.24) is 0 Å². The molecule has 2 nitrogen and oxygen atoms in total. The summed E-state index contributed by atoms with van der Waals surface area (Å²) in [6.07, 6.45) is 4.00. The molecule has 1 aromatic carbocycles. The van der Waals surface area contributed by atoms with E-state index in [0.29, 0.717) is 5.41 Å². The third-order valence-corrected chi connectivity index (χ3v) is 5.48. The van der Waals surface area contributed by atoms with E-state index in [1.54, 1.807) is 23.9 Å². The molecule has 0 unspecified atom stereocenters. The highest BCUT2D eigenvalue weighted by Gasteiger charge is 2.55. The van der Waals surface area contributed by atoms with Gasteiger partial charge >= 0.3 is 0 Å². The first-order valence-electron chi connectivity index (χ1n) is 6.59. The van der Waals surface area contributed by atoms with Crippen LogP contribution in [0.1, 0.15) is 25.7 Å². The van der Waals surface area contributed by atoms with Crippen molar-refractivity contribution in [2.75, 3.05) is 13.2 Å². The molecule has 0 N–H and O–H groups in total. The molecule has 0 bridgehead atoms. The number of benzene rings is 1. The maximum atomic E-state index is 12.9. The zero-order valence-corrected chi connectivity index (χ0v) is 11.5.